The van der Waals surface area contributed by atoms with Gasteiger partial charge < -0.3 is 9.47 Å². The van der Waals surface area contributed by atoms with E-state index in [9.17, 15) is 4.79 Å². The summed E-state index contributed by atoms with van der Waals surface area (Å²) in [4.78, 5) is 12.2. The summed E-state index contributed by atoms with van der Waals surface area (Å²) in [6.07, 6.45) is 2.38. The molecule has 0 aliphatic carbocycles. The number of methoxy groups -OCH3 is 1. The molecule has 18 heavy (non-hydrogen) atoms. The highest BCUT2D eigenvalue weighted by molar-refractivity contribution is 5.84. The Balaban J connectivity index is 2.07. The summed E-state index contributed by atoms with van der Waals surface area (Å²) in [6.45, 7) is 3.39. The van der Waals surface area contributed by atoms with E-state index < -0.39 is 0 Å². The predicted molar refractivity (Wildman–Crippen MR) is 70.0 cm³/mol. The van der Waals surface area contributed by atoms with E-state index in [0.29, 0.717) is 13.0 Å². The highest BCUT2D eigenvalue weighted by Gasteiger charge is 2.22. The van der Waals surface area contributed by atoms with Crippen LogP contribution in [-0.4, -0.2) is 26.1 Å². The first-order chi connectivity index (χ1) is 8.70. The Bertz CT molecular complexity index is 420. The number of aryl methyl sites for hydroxylation is 1. The van der Waals surface area contributed by atoms with Crippen molar-refractivity contribution in [3.63, 3.8) is 0 Å². The molecule has 1 aliphatic rings. The van der Waals surface area contributed by atoms with Gasteiger partial charge in [-0.1, -0.05) is 17.7 Å². The molecule has 1 fully saturated rings. The summed E-state index contributed by atoms with van der Waals surface area (Å²) in [6, 6.07) is 5.95. The minimum absolute atomic E-state index is 0.0592. The molecule has 0 amide bonds. The molecule has 0 N–H and O–H groups in total. The van der Waals surface area contributed by atoms with Crippen molar-refractivity contribution in [1.29, 1.82) is 0 Å². The Morgan fingerprint density at radius 3 is 3.00 bits per heavy atom. The number of hydrogen-bond donors (Lipinski definition) is 0. The van der Waals surface area contributed by atoms with E-state index in [1.165, 1.54) is 0 Å². The van der Waals surface area contributed by atoms with Gasteiger partial charge in [-0.05, 0) is 25.8 Å². The molecule has 3 nitrogen and oxygen atoms in total. The lowest BCUT2D eigenvalue weighted by Gasteiger charge is -2.21. The molecular formula is C15H20O3. The van der Waals surface area contributed by atoms with Crippen molar-refractivity contribution in [2.45, 2.75) is 26.2 Å². The molecule has 1 aromatic rings. The van der Waals surface area contributed by atoms with E-state index in [0.717, 1.165) is 36.3 Å². The maximum absolute atomic E-state index is 12.2. The number of ether oxygens (including phenoxy) is 2. The Kier molecular flexibility index (Phi) is 4.37. The predicted octanol–water partition coefficient (Wildman–Crippen LogP) is 2.54. The fourth-order valence-corrected chi connectivity index (χ4v) is 2.37. The van der Waals surface area contributed by atoms with Gasteiger partial charge in [-0.2, -0.15) is 0 Å². The third kappa shape index (κ3) is 3.10. The number of Topliss-reactive ketones (excluding diaryl/α,β-unsaturated/α-hetero) is 1. The zero-order chi connectivity index (χ0) is 13.0. The van der Waals surface area contributed by atoms with Crippen molar-refractivity contribution in [1.82, 2.24) is 0 Å². The molecule has 1 aliphatic heterocycles. The third-order valence-corrected chi connectivity index (χ3v) is 3.42. The molecule has 0 aromatic heterocycles. The maximum atomic E-state index is 12.2. The average Bonchev–Trinajstić information content (AvgIpc) is 2.40. The Labute approximate surface area is 108 Å². The average molecular weight is 248 g/mol. The smallest absolute Gasteiger partial charge is 0.142 e. The number of hydrogen-bond acceptors (Lipinski definition) is 3. The van der Waals surface area contributed by atoms with Gasteiger partial charge in [0.2, 0.25) is 0 Å². The molecule has 1 unspecified atom stereocenters. The molecule has 1 aromatic carbocycles. The molecule has 3 heteroatoms. The largest absolute Gasteiger partial charge is 0.496 e. The maximum Gasteiger partial charge on any atom is 0.142 e. The van der Waals surface area contributed by atoms with Crippen LogP contribution in [0.15, 0.2) is 18.2 Å². The minimum Gasteiger partial charge on any atom is -0.496 e. The summed E-state index contributed by atoms with van der Waals surface area (Å²) in [5.41, 5.74) is 2.13. The van der Waals surface area contributed by atoms with E-state index in [1.807, 2.05) is 25.1 Å². The zero-order valence-corrected chi connectivity index (χ0v) is 11.1. The summed E-state index contributed by atoms with van der Waals surface area (Å²) >= 11 is 0. The highest BCUT2D eigenvalue weighted by Crippen LogP contribution is 2.23. The lowest BCUT2D eigenvalue weighted by atomic mass is 9.92. The van der Waals surface area contributed by atoms with E-state index >= 15 is 0 Å². The summed E-state index contributed by atoms with van der Waals surface area (Å²) in [5.74, 6) is 1.12. The van der Waals surface area contributed by atoms with Crippen LogP contribution in [0, 0.1) is 12.8 Å². The van der Waals surface area contributed by atoms with Gasteiger partial charge in [-0.15, -0.1) is 0 Å². The van der Waals surface area contributed by atoms with Gasteiger partial charge in [0, 0.05) is 24.5 Å². The molecule has 1 saturated heterocycles. The van der Waals surface area contributed by atoms with Gasteiger partial charge >= 0.3 is 0 Å². The molecule has 0 bridgehead atoms. The van der Waals surface area contributed by atoms with E-state index in [1.54, 1.807) is 7.11 Å². The van der Waals surface area contributed by atoms with Crippen LogP contribution in [0.1, 0.15) is 24.0 Å². The van der Waals surface area contributed by atoms with Crippen LogP contribution < -0.4 is 4.74 Å². The summed E-state index contributed by atoms with van der Waals surface area (Å²) in [5, 5.41) is 0. The quantitative estimate of drug-likeness (QED) is 0.821. The van der Waals surface area contributed by atoms with Crippen LogP contribution in [0.3, 0.4) is 0 Å². The van der Waals surface area contributed by atoms with Crippen molar-refractivity contribution in [3.8, 4) is 5.75 Å². The molecule has 0 spiro atoms. The van der Waals surface area contributed by atoms with Crippen molar-refractivity contribution in [2.75, 3.05) is 20.3 Å². The van der Waals surface area contributed by atoms with Crippen molar-refractivity contribution in [2.24, 2.45) is 5.92 Å². The van der Waals surface area contributed by atoms with E-state index in [2.05, 4.69) is 0 Å². The lowest BCUT2D eigenvalue weighted by Crippen LogP contribution is -2.26. The van der Waals surface area contributed by atoms with Crippen LogP contribution in [-0.2, 0) is 16.0 Å². The molecule has 0 radical (unpaired) electrons. The van der Waals surface area contributed by atoms with Crippen LogP contribution in [0.4, 0.5) is 0 Å². The van der Waals surface area contributed by atoms with Crippen molar-refractivity contribution < 1.29 is 14.3 Å². The second-order valence-electron chi connectivity index (χ2n) is 4.87. The second-order valence-corrected chi connectivity index (χ2v) is 4.87. The van der Waals surface area contributed by atoms with E-state index in [-0.39, 0.29) is 11.7 Å². The fraction of sp³-hybridized carbons (Fsp3) is 0.533. The van der Waals surface area contributed by atoms with Crippen LogP contribution >= 0.6 is 0 Å². The van der Waals surface area contributed by atoms with Crippen molar-refractivity contribution >= 4 is 5.78 Å². The molecule has 98 valence electrons. The molecule has 0 saturated carbocycles. The van der Waals surface area contributed by atoms with Gasteiger partial charge in [-0.25, -0.2) is 0 Å². The lowest BCUT2D eigenvalue weighted by molar-refractivity contribution is -0.126. The molecule has 1 heterocycles. The van der Waals surface area contributed by atoms with Gasteiger partial charge in [0.05, 0.1) is 13.7 Å². The Morgan fingerprint density at radius 2 is 2.33 bits per heavy atom. The van der Waals surface area contributed by atoms with E-state index in [4.69, 9.17) is 9.47 Å². The van der Waals surface area contributed by atoms with Crippen LogP contribution in [0.5, 0.6) is 5.75 Å². The van der Waals surface area contributed by atoms with Gasteiger partial charge in [0.15, 0.2) is 0 Å². The molecule has 2 rings (SSSR count). The number of benzene rings is 1. The number of carbonyl (C=O) groups excluding carboxylic acids is 1. The van der Waals surface area contributed by atoms with Crippen LogP contribution in [0.25, 0.3) is 0 Å². The first-order valence-electron chi connectivity index (χ1n) is 6.44. The highest BCUT2D eigenvalue weighted by atomic mass is 16.5. The topological polar surface area (TPSA) is 35.5 Å². The first kappa shape index (κ1) is 13.1. The molecular weight excluding hydrogens is 228 g/mol. The standard InChI is InChI=1S/C15H20O3/c1-11-5-6-15(17-2)13(8-11)9-14(16)12-4-3-7-18-10-12/h5-6,8,12H,3-4,7,9-10H2,1-2H3. The Morgan fingerprint density at radius 1 is 1.50 bits per heavy atom. The fourth-order valence-electron chi connectivity index (χ4n) is 2.37. The van der Waals surface area contributed by atoms with Gasteiger partial charge in [0.25, 0.3) is 0 Å². The second kappa shape index (κ2) is 6.01. The number of rotatable bonds is 4. The monoisotopic (exact) mass is 248 g/mol. The molecule has 1 atom stereocenters. The SMILES string of the molecule is COc1ccc(C)cc1CC(=O)C1CCCOC1. The summed E-state index contributed by atoms with van der Waals surface area (Å²) in [7, 11) is 1.64. The van der Waals surface area contributed by atoms with Crippen molar-refractivity contribution in [3.05, 3.63) is 29.3 Å². The normalized spacial score (nSPS) is 19.6. The third-order valence-electron chi connectivity index (χ3n) is 3.42. The Hall–Kier alpha value is -1.35. The van der Waals surface area contributed by atoms with Crippen LogP contribution in [0.2, 0.25) is 0 Å². The first-order valence-corrected chi connectivity index (χ1v) is 6.44. The van der Waals surface area contributed by atoms with Gasteiger partial charge in [0.1, 0.15) is 11.5 Å². The summed E-state index contributed by atoms with van der Waals surface area (Å²) < 4.78 is 10.7. The zero-order valence-electron chi connectivity index (χ0n) is 11.1. The number of carbonyl (C=O) groups is 1. The van der Waals surface area contributed by atoms with Gasteiger partial charge in [-0.3, -0.25) is 4.79 Å². The minimum atomic E-state index is 0.0592. The number of ketones is 1.